The lowest BCUT2D eigenvalue weighted by molar-refractivity contribution is 0.108. The van der Waals surface area contributed by atoms with Crippen molar-refractivity contribution in [2.24, 2.45) is 0 Å². The smallest absolute Gasteiger partial charge is 0.410 e. The van der Waals surface area contributed by atoms with Gasteiger partial charge in [-0.05, 0) is 42.7 Å². The third-order valence-electron chi connectivity index (χ3n) is 4.89. The number of carbonyl (C=O) groups is 1. The highest BCUT2D eigenvalue weighted by molar-refractivity contribution is 5.86. The molecule has 1 atom stereocenters. The number of nitrogens with zero attached hydrogens (tertiary/aromatic N) is 1. The molecule has 5 heteroatoms. The summed E-state index contributed by atoms with van der Waals surface area (Å²) in [6.45, 7) is 2.56. The van der Waals surface area contributed by atoms with E-state index in [4.69, 9.17) is 4.74 Å². The highest BCUT2D eigenvalue weighted by Crippen LogP contribution is 2.38. The molecule has 0 fully saturated rings. The quantitative estimate of drug-likeness (QED) is 0.718. The first kappa shape index (κ1) is 15.7. The number of aromatic amines is 1. The SMILES string of the molecule is COC(=O)N1CCc2c([nH]c3ccc(F)cc23)C1c1ccc(C)cc1. The van der Waals surface area contributed by atoms with E-state index in [1.54, 1.807) is 17.0 Å². The Morgan fingerprint density at radius 2 is 2.00 bits per heavy atom. The number of rotatable bonds is 1. The summed E-state index contributed by atoms with van der Waals surface area (Å²) in [5.41, 5.74) is 5.05. The second kappa shape index (κ2) is 5.92. The number of hydrogen-bond donors (Lipinski definition) is 1. The number of aromatic nitrogens is 1. The molecule has 25 heavy (non-hydrogen) atoms. The molecule has 0 bridgehead atoms. The van der Waals surface area contributed by atoms with Gasteiger partial charge in [-0.25, -0.2) is 9.18 Å². The van der Waals surface area contributed by atoms with Crippen LogP contribution in [0.5, 0.6) is 0 Å². The van der Waals surface area contributed by atoms with Crippen LogP contribution in [0.4, 0.5) is 9.18 Å². The minimum atomic E-state index is -0.360. The maximum atomic E-state index is 13.7. The molecule has 1 amide bonds. The lowest BCUT2D eigenvalue weighted by Gasteiger charge is -2.35. The summed E-state index contributed by atoms with van der Waals surface area (Å²) >= 11 is 0. The molecular formula is C20H19FN2O2. The van der Waals surface area contributed by atoms with E-state index in [9.17, 15) is 9.18 Å². The van der Waals surface area contributed by atoms with Gasteiger partial charge < -0.3 is 9.72 Å². The van der Waals surface area contributed by atoms with Crippen molar-refractivity contribution in [2.45, 2.75) is 19.4 Å². The monoisotopic (exact) mass is 338 g/mol. The predicted molar refractivity (Wildman–Crippen MR) is 94.1 cm³/mol. The molecule has 0 radical (unpaired) electrons. The number of benzene rings is 2. The van der Waals surface area contributed by atoms with Crippen molar-refractivity contribution in [3.63, 3.8) is 0 Å². The first-order valence-corrected chi connectivity index (χ1v) is 8.29. The lowest BCUT2D eigenvalue weighted by atomic mass is 9.92. The number of halogens is 1. The molecule has 1 aromatic heterocycles. The van der Waals surface area contributed by atoms with Crippen LogP contribution in [0.3, 0.4) is 0 Å². The van der Waals surface area contributed by atoms with Crippen LogP contribution in [-0.4, -0.2) is 29.6 Å². The Bertz CT molecular complexity index is 946. The van der Waals surface area contributed by atoms with Crippen LogP contribution in [-0.2, 0) is 11.2 Å². The van der Waals surface area contributed by atoms with Gasteiger partial charge >= 0.3 is 6.09 Å². The van der Waals surface area contributed by atoms with Crippen molar-refractivity contribution in [1.29, 1.82) is 0 Å². The number of carbonyl (C=O) groups excluding carboxylic acids is 1. The summed E-state index contributed by atoms with van der Waals surface area (Å²) in [6.07, 6.45) is 0.303. The molecule has 1 aliphatic heterocycles. The average Bonchev–Trinajstić information content (AvgIpc) is 2.99. The van der Waals surface area contributed by atoms with Gasteiger partial charge in [0.1, 0.15) is 11.9 Å². The molecule has 4 rings (SSSR count). The van der Waals surface area contributed by atoms with E-state index in [-0.39, 0.29) is 18.0 Å². The highest BCUT2D eigenvalue weighted by Gasteiger charge is 2.35. The van der Waals surface area contributed by atoms with Gasteiger partial charge in [0.25, 0.3) is 0 Å². The molecule has 128 valence electrons. The van der Waals surface area contributed by atoms with E-state index in [1.165, 1.54) is 13.2 Å². The Morgan fingerprint density at radius 1 is 1.24 bits per heavy atom. The lowest BCUT2D eigenvalue weighted by Crippen LogP contribution is -2.40. The van der Waals surface area contributed by atoms with Crippen molar-refractivity contribution in [3.8, 4) is 0 Å². The topological polar surface area (TPSA) is 45.3 Å². The number of H-pyrrole nitrogens is 1. The predicted octanol–water partition coefficient (Wildman–Crippen LogP) is 4.33. The molecule has 1 N–H and O–H groups in total. The summed E-state index contributed by atoms with van der Waals surface area (Å²) in [4.78, 5) is 17.4. The Balaban J connectivity index is 1.91. The molecule has 0 spiro atoms. The van der Waals surface area contributed by atoms with Crippen molar-refractivity contribution in [3.05, 3.63) is 70.7 Å². The van der Waals surface area contributed by atoms with Crippen molar-refractivity contribution < 1.29 is 13.9 Å². The van der Waals surface area contributed by atoms with Crippen LogP contribution < -0.4 is 0 Å². The third-order valence-corrected chi connectivity index (χ3v) is 4.89. The van der Waals surface area contributed by atoms with Crippen LogP contribution in [0.15, 0.2) is 42.5 Å². The molecule has 3 aromatic rings. The number of fused-ring (bicyclic) bond motifs is 3. The van der Waals surface area contributed by atoms with E-state index in [0.29, 0.717) is 13.0 Å². The van der Waals surface area contributed by atoms with E-state index >= 15 is 0 Å². The van der Waals surface area contributed by atoms with Gasteiger partial charge in [-0.15, -0.1) is 0 Å². The first-order valence-electron chi connectivity index (χ1n) is 8.29. The fourth-order valence-electron chi connectivity index (χ4n) is 3.67. The number of nitrogens with one attached hydrogen (secondary N) is 1. The van der Waals surface area contributed by atoms with Gasteiger partial charge in [0, 0.05) is 23.1 Å². The highest BCUT2D eigenvalue weighted by atomic mass is 19.1. The zero-order chi connectivity index (χ0) is 17.6. The number of hydrogen-bond acceptors (Lipinski definition) is 2. The van der Waals surface area contributed by atoms with Crippen molar-refractivity contribution in [1.82, 2.24) is 9.88 Å². The van der Waals surface area contributed by atoms with Gasteiger partial charge in [-0.2, -0.15) is 0 Å². The maximum absolute atomic E-state index is 13.7. The molecule has 0 aliphatic carbocycles. The third kappa shape index (κ3) is 2.56. The molecule has 2 aromatic carbocycles. The fourth-order valence-corrected chi connectivity index (χ4v) is 3.67. The Morgan fingerprint density at radius 3 is 2.72 bits per heavy atom. The van der Waals surface area contributed by atoms with E-state index < -0.39 is 0 Å². The number of methoxy groups -OCH3 is 1. The minimum absolute atomic E-state index is 0.253. The van der Waals surface area contributed by atoms with Gasteiger partial charge in [-0.1, -0.05) is 29.8 Å². The Kier molecular flexibility index (Phi) is 3.71. The standard InChI is InChI=1S/C20H19FN2O2/c1-12-3-5-13(6-4-12)19-18-15(9-10-23(19)20(24)25-2)16-11-14(21)7-8-17(16)22-18/h3-8,11,19,22H,9-10H2,1-2H3. The summed E-state index contributed by atoms with van der Waals surface area (Å²) < 4.78 is 18.7. The van der Waals surface area contributed by atoms with Crippen LogP contribution in [0, 0.1) is 12.7 Å². The molecule has 0 saturated heterocycles. The van der Waals surface area contributed by atoms with Gasteiger partial charge in [-0.3, -0.25) is 4.90 Å². The average molecular weight is 338 g/mol. The zero-order valence-corrected chi connectivity index (χ0v) is 14.2. The zero-order valence-electron chi connectivity index (χ0n) is 14.2. The molecule has 4 nitrogen and oxygen atoms in total. The van der Waals surface area contributed by atoms with Gasteiger partial charge in [0.2, 0.25) is 0 Å². The molecule has 2 heterocycles. The summed E-state index contributed by atoms with van der Waals surface area (Å²) in [5, 5.41) is 0.886. The van der Waals surface area contributed by atoms with Crippen LogP contribution >= 0.6 is 0 Å². The van der Waals surface area contributed by atoms with Gasteiger partial charge in [0.15, 0.2) is 0 Å². The maximum Gasteiger partial charge on any atom is 0.410 e. The fraction of sp³-hybridized carbons (Fsp3) is 0.250. The second-order valence-corrected chi connectivity index (χ2v) is 6.43. The Hall–Kier alpha value is -2.82. The first-order chi connectivity index (χ1) is 12.1. The number of ether oxygens (including phenoxy) is 1. The van der Waals surface area contributed by atoms with Crippen LogP contribution in [0.1, 0.15) is 28.4 Å². The minimum Gasteiger partial charge on any atom is -0.453 e. The molecule has 1 aliphatic rings. The molecular weight excluding hydrogens is 319 g/mol. The number of aryl methyl sites for hydroxylation is 1. The van der Waals surface area contributed by atoms with E-state index in [1.807, 2.05) is 31.2 Å². The van der Waals surface area contributed by atoms with E-state index in [2.05, 4.69) is 4.98 Å². The van der Waals surface area contributed by atoms with E-state index in [0.717, 1.165) is 33.3 Å². The van der Waals surface area contributed by atoms with Gasteiger partial charge in [0.05, 0.1) is 7.11 Å². The van der Waals surface area contributed by atoms with Crippen molar-refractivity contribution >= 4 is 17.0 Å². The molecule has 1 unspecified atom stereocenters. The largest absolute Gasteiger partial charge is 0.453 e. The molecule has 0 saturated carbocycles. The normalized spacial score (nSPS) is 16.8. The Labute approximate surface area is 145 Å². The summed E-state index contributed by atoms with van der Waals surface area (Å²) in [6, 6.07) is 12.6. The van der Waals surface area contributed by atoms with Crippen molar-refractivity contribution in [2.75, 3.05) is 13.7 Å². The van der Waals surface area contributed by atoms with Crippen LogP contribution in [0.2, 0.25) is 0 Å². The summed E-state index contributed by atoms with van der Waals surface area (Å²) in [7, 11) is 1.39. The van der Waals surface area contributed by atoms with Crippen LogP contribution in [0.25, 0.3) is 10.9 Å². The number of amides is 1. The summed E-state index contributed by atoms with van der Waals surface area (Å²) in [5.74, 6) is -0.253. The second-order valence-electron chi connectivity index (χ2n) is 6.43.